The SMILES string of the molecule is CCc1nc2cc(/C=C/C(=O)O)ccc2n1C. The number of aliphatic carboxylic acids is 1. The summed E-state index contributed by atoms with van der Waals surface area (Å²) in [6.45, 7) is 2.06. The van der Waals surface area contributed by atoms with E-state index in [4.69, 9.17) is 5.11 Å². The van der Waals surface area contributed by atoms with Gasteiger partial charge < -0.3 is 9.67 Å². The maximum Gasteiger partial charge on any atom is 0.328 e. The fourth-order valence-corrected chi connectivity index (χ4v) is 1.85. The number of imidazole rings is 1. The summed E-state index contributed by atoms with van der Waals surface area (Å²) in [6.07, 6.45) is 3.58. The zero-order valence-electron chi connectivity index (χ0n) is 9.84. The smallest absolute Gasteiger partial charge is 0.328 e. The predicted octanol–water partition coefficient (Wildman–Crippen LogP) is 2.23. The Morgan fingerprint density at radius 1 is 1.53 bits per heavy atom. The fraction of sp³-hybridized carbons (Fsp3) is 0.231. The van der Waals surface area contributed by atoms with Crippen LogP contribution in [-0.2, 0) is 18.3 Å². The third-order valence-electron chi connectivity index (χ3n) is 2.73. The standard InChI is InChI=1S/C13H14N2O2/c1-3-12-14-10-8-9(5-7-13(16)17)4-6-11(10)15(12)2/h4-8H,3H2,1-2H3,(H,16,17)/b7-5+. The van der Waals surface area contributed by atoms with Gasteiger partial charge in [0, 0.05) is 19.5 Å². The number of carbonyl (C=O) groups is 1. The zero-order valence-corrected chi connectivity index (χ0v) is 9.84. The second-order valence-corrected chi connectivity index (χ2v) is 3.86. The monoisotopic (exact) mass is 230 g/mol. The first-order chi connectivity index (χ1) is 8.11. The third kappa shape index (κ3) is 2.20. The maximum atomic E-state index is 10.4. The van der Waals surface area contributed by atoms with E-state index in [0.29, 0.717) is 0 Å². The molecule has 0 aliphatic heterocycles. The van der Waals surface area contributed by atoms with Crippen LogP contribution < -0.4 is 0 Å². The van der Waals surface area contributed by atoms with E-state index in [9.17, 15) is 4.79 Å². The summed E-state index contributed by atoms with van der Waals surface area (Å²) in [5.41, 5.74) is 2.81. The van der Waals surface area contributed by atoms with E-state index >= 15 is 0 Å². The number of nitrogens with zero attached hydrogens (tertiary/aromatic N) is 2. The van der Waals surface area contributed by atoms with Crippen LogP contribution in [0.5, 0.6) is 0 Å². The molecule has 0 fully saturated rings. The molecule has 88 valence electrons. The lowest BCUT2D eigenvalue weighted by atomic mass is 10.2. The molecule has 0 radical (unpaired) electrons. The van der Waals surface area contributed by atoms with Gasteiger partial charge in [0.25, 0.3) is 0 Å². The lowest BCUT2D eigenvalue weighted by molar-refractivity contribution is -0.131. The number of fused-ring (bicyclic) bond motifs is 1. The summed E-state index contributed by atoms with van der Waals surface area (Å²) in [6, 6.07) is 5.75. The van der Waals surface area contributed by atoms with E-state index in [0.717, 1.165) is 34.9 Å². The van der Waals surface area contributed by atoms with Crippen molar-refractivity contribution in [2.75, 3.05) is 0 Å². The van der Waals surface area contributed by atoms with E-state index in [1.807, 2.05) is 25.2 Å². The number of hydrogen-bond acceptors (Lipinski definition) is 2. The van der Waals surface area contributed by atoms with Crippen LogP contribution in [0.4, 0.5) is 0 Å². The Kier molecular flexibility index (Phi) is 2.95. The normalized spacial score (nSPS) is 11.4. The Balaban J connectivity index is 2.47. The largest absolute Gasteiger partial charge is 0.478 e. The van der Waals surface area contributed by atoms with Crippen molar-refractivity contribution in [3.8, 4) is 0 Å². The highest BCUT2D eigenvalue weighted by Gasteiger charge is 2.05. The Morgan fingerprint density at radius 3 is 2.94 bits per heavy atom. The summed E-state index contributed by atoms with van der Waals surface area (Å²) < 4.78 is 2.06. The molecule has 0 saturated carbocycles. The molecule has 0 spiro atoms. The number of aromatic nitrogens is 2. The van der Waals surface area contributed by atoms with Crippen LogP contribution in [-0.4, -0.2) is 20.6 Å². The van der Waals surface area contributed by atoms with Gasteiger partial charge in [-0.1, -0.05) is 13.0 Å². The second kappa shape index (κ2) is 4.41. The van der Waals surface area contributed by atoms with Gasteiger partial charge in [0.1, 0.15) is 5.82 Å². The fourth-order valence-electron chi connectivity index (χ4n) is 1.85. The molecule has 1 aromatic carbocycles. The van der Waals surface area contributed by atoms with Crippen LogP contribution in [0.3, 0.4) is 0 Å². The van der Waals surface area contributed by atoms with Crippen LogP contribution in [0.15, 0.2) is 24.3 Å². The quantitative estimate of drug-likeness (QED) is 0.823. The Hall–Kier alpha value is -2.10. The van der Waals surface area contributed by atoms with Crippen LogP contribution >= 0.6 is 0 Å². The van der Waals surface area contributed by atoms with Crippen molar-refractivity contribution in [3.63, 3.8) is 0 Å². The molecule has 1 heterocycles. The number of hydrogen-bond donors (Lipinski definition) is 1. The molecule has 0 aliphatic carbocycles. The average molecular weight is 230 g/mol. The topological polar surface area (TPSA) is 55.1 Å². The van der Waals surface area contributed by atoms with E-state index < -0.39 is 5.97 Å². The molecule has 1 aromatic heterocycles. The number of aryl methyl sites for hydroxylation is 2. The second-order valence-electron chi connectivity index (χ2n) is 3.86. The summed E-state index contributed by atoms with van der Waals surface area (Å²) >= 11 is 0. The summed E-state index contributed by atoms with van der Waals surface area (Å²) in [7, 11) is 1.99. The van der Waals surface area contributed by atoms with Gasteiger partial charge in [-0.15, -0.1) is 0 Å². The lowest BCUT2D eigenvalue weighted by Crippen LogP contribution is -1.94. The van der Waals surface area contributed by atoms with Gasteiger partial charge in [-0.3, -0.25) is 0 Å². The van der Waals surface area contributed by atoms with Crippen molar-refractivity contribution in [2.24, 2.45) is 7.05 Å². The lowest BCUT2D eigenvalue weighted by Gasteiger charge is -1.98. The highest BCUT2D eigenvalue weighted by molar-refractivity contribution is 5.87. The number of benzene rings is 1. The van der Waals surface area contributed by atoms with Gasteiger partial charge in [0.2, 0.25) is 0 Å². The Labute approximate surface area is 99.2 Å². The van der Waals surface area contributed by atoms with Crippen molar-refractivity contribution in [1.82, 2.24) is 9.55 Å². The van der Waals surface area contributed by atoms with Crippen molar-refractivity contribution in [2.45, 2.75) is 13.3 Å². The summed E-state index contributed by atoms with van der Waals surface area (Å²) in [4.78, 5) is 14.9. The van der Waals surface area contributed by atoms with Crippen molar-refractivity contribution in [3.05, 3.63) is 35.7 Å². The third-order valence-corrected chi connectivity index (χ3v) is 2.73. The summed E-state index contributed by atoms with van der Waals surface area (Å²) in [5.74, 6) is 0.0831. The average Bonchev–Trinajstić information content (AvgIpc) is 2.63. The van der Waals surface area contributed by atoms with Crippen LogP contribution in [0.25, 0.3) is 17.1 Å². The van der Waals surface area contributed by atoms with Gasteiger partial charge in [-0.2, -0.15) is 0 Å². The van der Waals surface area contributed by atoms with Crippen molar-refractivity contribution in [1.29, 1.82) is 0 Å². The predicted molar refractivity (Wildman–Crippen MR) is 66.8 cm³/mol. The molecular weight excluding hydrogens is 216 g/mol. The number of carboxylic acids is 1. The van der Waals surface area contributed by atoms with Gasteiger partial charge in [-0.25, -0.2) is 9.78 Å². The molecule has 0 atom stereocenters. The molecule has 4 nitrogen and oxygen atoms in total. The number of carboxylic acid groups (broad SMARTS) is 1. The molecular formula is C13H14N2O2. The van der Waals surface area contributed by atoms with Crippen molar-refractivity contribution < 1.29 is 9.90 Å². The molecule has 0 unspecified atom stereocenters. The van der Waals surface area contributed by atoms with Gasteiger partial charge in [0.15, 0.2) is 0 Å². The first kappa shape index (κ1) is 11.4. The van der Waals surface area contributed by atoms with Crippen LogP contribution in [0.2, 0.25) is 0 Å². The van der Waals surface area contributed by atoms with Crippen LogP contribution in [0.1, 0.15) is 18.3 Å². The minimum atomic E-state index is -0.944. The van der Waals surface area contributed by atoms with Crippen LogP contribution in [0, 0.1) is 0 Å². The van der Waals surface area contributed by atoms with Gasteiger partial charge in [0.05, 0.1) is 11.0 Å². The molecule has 0 amide bonds. The molecule has 0 bridgehead atoms. The molecule has 0 aliphatic rings. The maximum absolute atomic E-state index is 10.4. The first-order valence-corrected chi connectivity index (χ1v) is 5.48. The minimum Gasteiger partial charge on any atom is -0.478 e. The molecule has 1 N–H and O–H groups in total. The van der Waals surface area contributed by atoms with E-state index in [1.165, 1.54) is 0 Å². The highest BCUT2D eigenvalue weighted by atomic mass is 16.4. The first-order valence-electron chi connectivity index (χ1n) is 5.48. The summed E-state index contributed by atoms with van der Waals surface area (Å²) in [5, 5.41) is 8.57. The molecule has 2 aromatic rings. The Bertz CT molecular complexity index is 597. The highest BCUT2D eigenvalue weighted by Crippen LogP contribution is 2.17. The molecule has 2 rings (SSSR count). The molecule has 4 heteroatoms. The van der Waals surface area contributed by atoms with Gasteiger partial charge in [-0.05, 0) is 23.8 Å². The van der Waals surface area contributed by atoms with Gasteiger partial charge >= 0.3 is 5.97 Å². The number of rotatable bonds is 3. The molecule has 17 heavy (non-hydrogen) atoms. The Morgan fingerprint density at radius 2 is 2.29 bits per heavy atom. The minimum absolute atomic E-state index is 0.848. The van der Waals surface area contributed by atoms with E-state index in [1.54, 1.807) is 6.08 Å². The molecule has 0 saturated heterocycles. The zero-order chi connectivity index (χ0) is 12.4. The van der Waals surface area contributed by atoms with E-state index in [2.05, 4.69) is 16.5 Å². The van der Waals surface area contributed by atoms with E-state index in [-0.39, 0.29) is 0 Å². The van der Waals surface area contributed by atoms with Crippen molar-refractivity contribution >= 4 is 23.1 Å².